The molecule has 0 atom stereocenters. The number of benzene rings is 1. The highest BCUT2D eigenvalue weighted by molar-refractivity contribution is 5.94. The Hall–Kier alpha value is -2.83. The number of carbonyl (C=O) groups is 1. The van der Waals surface area contributed by atoms with Crippen molar-refractivity contribution in [3.05, 3.63) is 69.8 Å². The summed E-state index contributed by atoms with van der Waals surface area (Å²) in [7, 11) is 1.51. The van der Waals surface area contributed by atoms with Crippen LogP contribution in [0.25, 0.3) is 0 Å². The minimum Gasteiger partial charge on any atom is -0.336 e. The molecule has 2 rings (SSSR count). The van der Waals surface area contributed by atoms with Crippen molar-refractivity contribution in [2.75, 3.05) is 7.05 Å². The Morgan fingerprint density at radius 1 is 1.38 bits per heavy atom. The number of nitrogens with zero attached hydrogens (tertiary/aromatic N) is 3. The molecule has 0 aliphatic carbocycles. The molecule has 0 radical (unpaired) electrons. The molecule has 2 aromatic rings. The molecular formula is C14H12FN3O3. The molecule has 21 heavy (non-hydrogen) atoms. The summed E-state index contributed by atoms with van der Waals surface area (Å²) in [5.74, 6) is -1.48. The Balaban J connectivity index is 2.18. The fraction of sp³-hybridized carbons (Fsp3) is 0.143. The third kappa shape index (κ3) is 3.38. The lowest BCUT2D eigenvalue weighted by molar-refractivity contribution is -0.385. The number of halogens is 1. The van der Waals surface area contributed by atoms with Crippen LogP contribution in [0.3, 0.4) is 0 Å². The van der Waals surface area contributed by atoms with Crippen LogP contribution in [0.15, 0.2) is 42.6 Å². The zero-order chi connectivity index (χ0) is 15.4. The lowest BCUT2D eigenvalue weighted by Crippen LogP contribution is -2.27. The lowest BCUT2D eigenvalue weighted by atomic mass is 10.1. The van der Waals surface area contributed by atoms with Gasteiger partial charge in [0.1, 0.15) is 5.82 Å². The Morgan fingerprint density at radius 3 is 2.71 bits per heavy atom. The first-order valence-corrected chi connectivity index (χ1v) is 6.08. The van der Waals surface area contributed by atoms with Crippen molar-refractivity contribution in [2.24, 2.45) is 0 Å². The van der Waals surface area contributed by atoms with Crippen molar-refractivity contribution in [2.45, 2.75) is 6.54 Å². The first-order chi connectivity index (χ1) is 9.99. The maximum atomic E-state index is 13.8. The van der Waals surface area contributed by atoms with E-state index >= 15 is 0 Å². The van der Waals surface area contributed by atoms with E-state index < -0.39 is 22.3 Å². The van der Waals surface area contributed by atoms with Crippen molar-refractivity contribution in [1.29, 1.82) is 0 Å². The number of nitro benzene ring substituents is 1. The second-order valence-corrected chi connectivity index (χ2v) is 4.40. The zero-order valence-corrected chi connectivity index (χ0v) is 11.2. The number of carbonyl (C=O) groups excluding carboxylic acids is 1. The summed E-state index contributed by atoms with van der Waals surface area (Å²) in [6.07, 6.45) is 1.60. The molecule has 0 fully saturated rings. The molecule has 0 spiro atoms. The van der Waals surface area contributed by atoms with E-state index in [0.717, 1.165) is 18.2 Å². The van der Waals surface area contributed by atoms with Crippen molar-refractivity contribution >= 4 is 11.6 Å². The van der Waals surface area contributed by atoms with E-state index in [1.165, 1.54) is 11.9 Å². The number of non-ortho nitro benzene ring substituents is 1. The van der Waals surface area contributed by atoms with Gasteiger partial charge in [0.2, 0.25) is 0 Å². The van der Waals surface area contributed by atoms with Gasteiger partial charge in [0, 0.05) is 19.3 Å². The fourth-order valence-corrected chi connectivity index (χ4v) is 1.80. The van der Waals surface area contributed by atoms with Gasteiger partial charge in [-0.1, -0.05) is 6.07 Å². The highest BCUT2D eigenvalue weighted by Crippen LogP contribution is 2.18. The molecule has 108 valence electrons. The second-order valence-electron chi connectivity index (χ2n) is 4.40. The molecule has 0 unspecified atom stereocenters. The molecule has 0 bridgehead atoms. The fourth-order valence-electron chi connectivity index (χ4n) is 1.80. The third-order valence-electron chi connectivity index (χ3n) is 2.87. The van der Waals surface area contributed by atoms with E-state index in [2.05, 4.69) is 4.98 Å². The van der Waals surface area contributed by atoms with E-state index in [0.29, 0.717) is 5.69 Å². The zero-order valence-electron chi connectivity index (χ0n) is 11.2. The van der Waals surface area contributed by atoms with Crippen LogP contribution in [0, 0.1) is 15.9 Å². The summed E-state index contributed by atoms with van der Waals surface area (Å²) in [5.41, 5.74) is 0.0612. The summed E-state index contributed by atoms with van der Waals surface area (Å²) in [4.78, 5) is 27.3. The highest BCUT2D eigenvalue weighted by atomic mass is 19.1. The van der Waals surface area contributed by atoms with Crippen molar-refractivity contribution in [3.63, 3.8) is 0 Å². The summed E-state index contributed by atoms with van der Waals surface area (Å²) >= 11 is 0. The Labute approximate surface area is 120 Å². The Kier molecular flexibility index (Phi) is 4.22. The Morgan fingerprint density at radius 2 is 2.14 bits per heavy atom. The number of hydrogen-bond acceptors (Lipinski definition) is 4. The van der Waals surface area contributed by atoms with Gasteiger partial charge in [-0.15, -0.1) is 0 Å². The van der Waals surface area contributed by atoms with Gasteiger partial charge in [-0.05, 0) is 18.2 Å². The first kappa shape index (κ1) is 14.6. The average molecular weight is 289 g/mol. The van der Waals surface area contributed by atoms with Crippen LogP contribution in [0.4, 0.5) is 10.1 Å². The second kappa shape index (κ2) is 6.08. The molecule has 7 heteroatoms. The molecule has 0 N–H and O–H groups in total. The predicted molar refractivity (Wildman–Crippen MR) is 73.1 cm³/mol. The minimum atomic E-state index is -0.915. The average Bonchev–Trinajstić information content (AvgIpc) is 2.47. The molecule has 0 aliphatic heterocycles. The van der Waals surface area contributed by atoms with Crippen LogP contribution < -0.4 is 0 Å². The third-order valence-corrected chi connectivity index (χ3v) is 2.87. The van der Waals surface area contributed by atoms with Gasteiger partial charge in [0.25, 0.3) is 11.6 Å². The van der Waals surface area contributed by atoms with Gasteiger partial charge < -0.3 is 4.90 Å². The maximum Gasteiger partial charge on any atom is 0.272 e. The molecule has 0 saturated carbocycles. The molecule has 0 saturated heterocycles. The standard InChI is InChI=1S/C14H12FN3O3/c1-17(9-10-4-2-3-7-16-10)14(19)12-6-5-11(18(20)21)8-13(12)15/h2-8H,9H2,1H3. The van der Waals surface area contributed by atoms with Crippen LogP contribution >= 0.6 is 0 Å². The maximum absolute atomic E-state index is 13.8. The van der Waals surface area contributed by atoms with E-state index in [1.807, 2.05) is 0 Å². The molecule has 0 aliphatic rings. The summed E-state index contributed by atoms with van der Waals surface area (Å²) < 4.78 is 13.8. The molecule has 1 amide bonds. The first-order valence-electron chi connectivity index (χ1n) is 6.08. The number of hydrogen-bond donors (Lipinski definition) is 0. The quantitative estimate of drug-likeness (QED) is 0.639. The van der Waals surface area contributed by atoms with Crippen LogP contribution in [0.2, 0.25) is 0 Å². The lowest BCUT2D eigenvalue weighted by Gasteiger charge is -2.17. The SMILES string of the molecule is CN(Cc1ccccn1)C(=O)c1ccc([N+](=O)[O-])cc1F. The van der Waals surface area contributed by atoms with E-state index in [-0.39, 0.29) is 12.1 Å². The van der Waals surface area contributed by atoms with E-state index in [1.54, 1.807) is 24.4 Å². The van der Waals surface area contributed by atoms with Crippen molar-refractivity contribution in [1.82, 2.24) is 9.88 Å². The van der Waals surface area contributed by atoms with Gasteiger partial charge >= 0.3 is 0 Å². The number of pyridine rings is 1. The van der Waals surface area contributed by atoms with Crippen molar-refractivity contribution < 1.29 is 14.1 Å². The van der Waals surface area contributed by atoms with Crippen molar-refractivity contribution in [3.8, 4) is 0 Å². The number of nitro groups is 1. The minimum absolute atomic E-state index is 0.209. The van der Waals surface area contributed by atoms with Crippen LogP contribution in [-0.2, 0) is 6.54 Å². The number of amides is 1. The summed E-state index contributed by atoms with van der Waals surface area (Å²) in [6.45, 7) is 0.218. The molecule has 1 aromatic carbocycles. The monoisotopic (exact) mass is 289 g/mol. The van der Waals surface area contributed by atoms with E-state index in [9.17, 15) is 19.3 Å². The number of rotatable bonds is 4. The van der Waals surface area contributed by atoms with Gasteiger partial charge in [0.05, 0.1) is 28.8 Å². The summed E-state index contributed by atoms with van der Waals surface area (Å²) in [5, 5.41) is 10.5. The molecular weight excluding hydrogens is 277 g/mol. The molecule has 1 aromatic heterocycles. The van der Waals surface area contributed by atoms with Gasteiger partial charge in [0.15, 0.2) is 0 Å². The summed E-state index contributed by atoms with van der Waals surface area (Å²) in [6, 6.07) is 8.24. The number of aromatic nitrogens is 1. The highest BCUT2D eigenvalue weighted by Gasteiger charge is 2.19. The topological polar surface area (TPSA) is 76.3 Å². The van der Waals surface area contributed by atoms with Gasteiger partial charge in [-0.25, -0.2) is 4.39 Å². The van der Waals surface area contributed by atoms with Crippen LogP contribution in [0.1, 0.15) is 16.1 Å². The van der Waals surface area contributed by atoms with Gasteiger partial charge in [-0.2, -0.15) is 0 Å². The Bertz CT molecular complexity index is 676. The molecule has 1 heterocycles. The van der Waals surface area contributed by atoms with Crippen LogP contribution in [-0.4, -0.2) is 27.8 Å². The largest absolute Gasteiger partial charge is 0.336 e. The molecule has 6 nitrogen and oxygen atoms in total. The normalized spacial score (nSPS) is 10.2. The smallest absolute Gasteiger partial charge is 0.272 e. The predicted octanol–water partition coefficient (Wildman–Crippen LogP) is 2.40. The van der Waals surface area contributed by atoms with E-state index in [4.69, 9.17) is 0 Å². The van der Waals surface area contributed by atoms with Gasteiger partial charge in [-0.3, -0.25) is 19.9 Å². The van der Waals surface area contributed by atoms with Crippen LogP contribution in [0.5, 0.6) is 0 Å².